The topological polar surface area (TPSA) is 38.3 Å². The largest absolute Gasteiger partial charge is 0.465 e. The highest BCUT2D eigenvalue weighted by Gasteiger charge is 2.18. The standard InChI is InChI=1S/C13H17Cl2NO2/c1-4-18-13(17)9(3)16-8(2)11-7-10(14)5-6-12(11)15/h5-9,16H,4H2,1-3H3. The predicted octanol–water partition coefficient (Wildman–Crippen LogP) is 3.60. The number of nitrogens with one attached hydrogen (secondary N) is 1. The van der Waals surface area contributed by atoms with Gasteiger partial charge in [-0.1, -0.05) is 23.2 Å². The highest BCUT2D eigenvalue weighted by Crippen LogP contribution is 2.26. The van der Waals surface area contributed by atoms with Gasteiger partial charge in [-0.2, -0.15) is 0 Å². The van der Waals surface area contributed by atoms with Crippen LogP contribution in [0.15, 0.2) is 18.2 Å². The first-order valence-electron chi connectivity index (χ1n) is 5.83. The van der Waals surface area contributed by atoms with Crippen LogP contribution in [0.4, 0.5) is 0 Å². The summed E-state index contributed by atoms with van der Waals surface area (Å²) in [5.74, 6) is -0.275. The third-order valence-electron chi connectivity index (χ3n) is 2.56. The maximum absolute atomic E-state index is 11.5. The summed E-state index contributed by atoms with van der Waals surface area (Å²) in [4.78, 5) is 11.5. The van der Waals surface area contributed by atoms with Gasteiger partial charge in [-0.05, 0) is 44.5 Å². The summed E-state index contributed by atoms with van der Waals surface area (Å²) in [5, 5.41) is 4.37. The zero-order chi connectivity index (χ0) is 13.7. The predicted molar refractivity (Wildman–Crippen MR) is 74.1 cm³/mol. The Hall–Kier alpha value is -0.770. The Morgan fingerprint density at radius 2 is 2.06 bits per heavy atom. The van der Waals surface area contributed by atoms with Gasteiger partial charge < -0.3 is 4.74 Å². The summed E-state index contributed by atoms with van der Waals surface area (Å²) >= 11 is 12.0. The van der Waals surface area contributed by atoms with Crippen LogP contribution >= 0.6 is 23.2 Å². The summed E-state index contributed by atoms with van der Waals surface area (Å²) in [5.41, 5.74) is 0.861. The minimum Gasteiger partial charge on any atom is -0.465 e. The van der Waals surface area contributed by atoms with Crippen LogP contribution in [0.25, 0.3) is 0 Å². The van der Waals surface area contributed by atoms with E-state index in [1.165, 1.54) is 0 Å². The number of carbonyl (C=O) groups excluding carboxylic acids is 1. The molecule has 0 bridgehead atoms. The van der Waals surface area contributed by atoms with E-state index in [9.17, 15) is 4.79 Å². The molecule has 0 fully saturated rings. The first-order valence-corrected chi connectivity index (χ1v) is 6.59. The number of ether oxygens (including phenoxy) is 1. The molecular formula is C13H17Cl2NO2. The molecule has 0 aromatic heterocycles. The highest BCUT2D eigenvalue weighted by atomic mass is 35.5. The molecule has 0 spiro atoms. The number of halogens is 2. The van der Waals surface area contributed by atoms with Gasteiger partial charge >= 0.3 is 5.97 Å². The normalized spacial score (nSPS) is 14.1. The van der Waals surface area contributed by atoms with Crippen molar-refractivity contribution in [1.82, 2.24) is 5.32 Å². The van der Waals surface area contributed by atoms with Crippen LogP contribution in [0.2, 0.25) is 10.0 Å². The highest BCUT2D eigenvalue weighted by molar-refractivity contribution is 6.33. The van der Waals surface area contributed by atoms with Crippen LogP contribution in [0.3, 0.4) is 0 Å². The van der Waals surface area contributed by atoms with Gasteiger partial charge in [0.05, 0.1) is 6.61 Å². The van der Waals surface area contributed by atoms with Crippen molar-refractivity contribution in [2.75, 3.05) is 6.61 Å². The Kier molecular flexibility index (Phi) is 5.93. The Bertz CT molecular complexity index is 423. The Labute approximate surface area is 117 Å². The monoisotopic (exact) mass is 289 g/mol. The van der Waals surface area contributed by atoms with E-state index >= 15 is 0 Å². The lowest BCUT2D eigenvalue weighted by Crippen LogP contribution is -2.37. The second kappa shape index (κ2) is 6.98. The summed E-state index contributed by atoms with van der Waals surface area (Å²) in [6.07, 6.45) is 0. The zero-order valence-corrected chi connectivity index (χ0v) is 12.2. The molecule has 18 heavy (non-hydrogen) atoms. The maximum atomic E-state index is 11.5. The van der Waals surface area contributed by atoms with Crippen LogP contribution in [-0.2, 0) is 9.53 Å². The molecule has 0 aliphatic rings. The number of hydrogen-bond acceptors (Lipinski definition) is 3. The van der Waals surface area contributed by atoms with Crippen molar-refractivity contribution in [2.45, 2.75) is 32.9 Å². The summed E-state index contributed by atoms with van der Waals surface area (Å²) < 4.78 is 4.93. The van der Waals surface area contributed by atoms with Gasteiger partial charge in [-0.3, -0.25) is 10.1 Å². The van der Waals surface area contributed by atoms with E-state index in [2.05, 4.69) is 5.32 Å². The van der Waals surface area contributed by atoms with E-state index in [1.807, 2.05) is 6.92 Å². The molecule has 3 nitrogen and oxygen atoms in total. The molecule has 1 aromatic carbocycles. The van der Waals surface area contributed by atoms with Crippen LogP contribution in [0.5, 0.6) is 0 Å². The molecule has 100 valence electrons. The molecule has 0 aliphatic carbocycles. The number of rotatable bonds is 5. The fourth-order valence-corrected chi connectivity index (χ4v) is 2.11. The zero-order valence-electron chi connectivity index (χ0n) is 10.7. The average Bonchev–Trinajstić information content (AvgIpc) is 2.32. The molecule has 1 N–H and O–H groups in total. The maximum Gasteiger partial charge on any atom is 0.322 e. The van der Waals surface area contributed by atoms with E-state index < -0.39 is 6.04 Å². The van der Waals surface area contributed by atoms with Crippen molar-refractivity contribution in [3.05, 3.63) is 33.8 Å². The van der Waals surface area contributed by atoms with Gasteiger partial charge in [0.15, 0.2) is 0 Å². The van der Waals surface area contributed by atoms with E-state index in [0.717, 1.165) is 5.56 Å². The van der Waals surface area contributed by atoms with Gasteiger partial charge in [0, 0.05) is 16.1 Å². The fraction of sp³-hybridized carbons (Fsp3) is 0.462. The third kappa shape index (κ3) is 4.16. The first-order chi connectivity index (χ1) is 8.45. The van der Waals surface area contributed by atoms with E-state index in [0.29, 0.717) is 16.7 Å². The van der Waals surface area contributed by atoms with Crippen molar-refractivity contribution < 1.29 is 9.53 Å². The molecule has 1 aromatic rings. The summed E-state index contributed by atoms with van der Waals surface area (Å²) in [6, 6.07) is 4.78. The molecule has 0 aliphatic heterocycles. The quantitative estimate of drug-likeness (QED) is 0.842. The van der Waals surface area contributed by atoms with Crippen LogP contribution in [0.1, 0.15) is 32.4 Å². The molecule has 0 saturated heterocycles. The summed E-state index contributed by atoms with van der Waals surface area (Å²) in [7, 11) is 0. The summed E-state index contributed by atoms with van der Waals surface area (Å²) in [6.45, 7) is 5.83. The molecule has 2 atom stereocenters. The van der Waals surface area contributed by atoms with Crippen molar-refractivity contribution in [3.8, 4) is 0 Å². The number of hydrogen-bond donors (Lipinski definition) is 1. The SMILES string of the molecule is CCOC(=O)C(C)NC(C)c1cc(Cl)ccc1Cl. The molecule has 1 rings (SSSR count). The first kappa shape index (κ1) is 15.3. The van der Waals surface area contributed by atoms with Crippen LogP contribution in [-0.4, -0.2) is 18.6 Å². The van der Waals surface area contributed by atoms with Gasteiger partial charge in [-0.15, -0.1) is 0 Å². The number of esters is 1. The van der Waals surface area contributed by atoms with Gasteiger partial charge in [-0.25, -0.2) is 0 Å². The lowest BCUT2D eigenvalue weighted by Gasteiger charge is -2.20. The molecule has 2 unspecified atom stereocenters. The van der Waals surface area contributed by atoms with Crippen molar-refractivity contribution >= 4 is 29.2 Å². The van der Waals surface area contributed by atoms with Crippen molar-refractivity contribution in [2.24, 2.45) is 0 Å². The lowest BCUT2D eigenvalue weighted by atomic mass is 10.1. The van der Waals surface area contributed by atoms with E-state index in [1.54, 1.807) is 32.0 Å². The van der Waals surface area contributed by atoms with E-state index in [-0.39, 0.29) is 12.0 Å². The van der Waals surface area contributed by atoms with Crippen molar-refractivity contribution in [1.29, 1.82) is 0 Å². The molecular weight excluding hydrogens is 273 g/mol. The Balaban J connectivity index is 2.73. The van der Waals surface area contributed by atoms with Crippen LogP contribution in [0, 0.1) is 0 Å². The third-order valence-corrected chi connectivity index (χ3v) is 3.14. The van der Waals surface area contributed by atoms with Crippen molar-refractivity contribution in [3.63, 3.8) is 0 Å². The number of benzene rings is 1. The van der Waals surface area contributed by atoms with Gasteiger partial charge in [0.2, 0.25) is 0 Å². The smallest absolute Gasteiger partial charge is 0.322 e. The Morgan fingerprint density at radius 1 is 1.39 bits per heavy atom. The molecule has 0 amide bonds. The molecule has 0 saturated carbocycles. The minimum absolute atomic E-state index is 0.0874. The molecule has 5 heteroatoms. The Morgan fingerprint density at radius 3 is 2.67 bits per heavy atom. The average molecular weight is 290 g/mol. The molecule has 0 heterocycles. The van der Waals surface area contributed by atoms with Crippen LogP contribution < -0.4 is 5.32 Å². The second-order valence-electron chi connectivity index (χ2n) is 4.03. The molecule has 0 radical (unpaired) electrons. The lowest BCUT2D eigenvalue weighted by molar-refractivity contribution is -0.145. The van der Waals surface area contributed by atoms with Gasteiger partial charge in [0.1, 0.15) is 6.04 Å². The van der Waals surface area contributed by atoms with Gasteiger partial charge in [0.25, 0.3) is 0 Å². The fourth-order valence-electron chi connectivity index (χ4n) is 1.65. The minimum atomic E-state index is -0.394. The second-order valence-corrected chi connectivity index (χ2v) is 4.87. The van der Waals surface area contributed by atoms with E-state index in [4.69, 9.17) is 27.9 Å². The number of carbonyl (C=O) groups is 1.